The minimum absolute atomic E-state index is 0.0596. The normalized spacial score (nSPS) is 10.5. The lowest BCUT2D eigenvalue weighted by atomic mass is 10.1. The van der Waals surface area contributed by atoms with Crippen molar-refractivity contribution in [3.8, 4) is 11.8 Å². The third kappa shape index (κ3) is 5.11. The molecule has 0 aromatic heterocycles. The van der Waals surface area contributed by atoms with Crippen molar-refractivity contribution in [1.29, 1.82) is 0 Å². The van der Waals surface area contributed by atoms with Gasteiger partial charge in [0.25, 0.3) is 5.91 Å². The second-order valence-electron chi connectivity index (χ2n) is 5.01. The maximum Gasteiger partial charge on any atom is 0.416 e. The number of halogens is 3. The highest BCUT2D eigenvalue weighted by Crippen LogP contribution is 2.29. The van der Waals surface area contributed by atoms with Gasteiger partial charge < -0.3 is 11.1 Å². The van der Waals surface area contributed by atoms with Gasteiger partial charge in [0.15, 0.2) is 0 Å². The summed E-state index contributed by atoms with van der Waals surface area (Å²) >= 11 is 0. The SMILES string of the molecule is NC(=O)c1cccc(C(=O)NCC#Cc2cccc(C(F)(F)F)c2)c1. The fourth-order valence-electron chi connectivity index (χ4n) is 1.96. The second-order valence-corrected chi connectivity index (χ2v) is 5.01. The average molecular weight is 346 g/mol. The first kappa shape index (κ1) is 18.1. The monoisotopic (exact) mass is 346 g/mol. The standard InChI is InChI=1S/C18H13F3N2O2/c19-18(20,21)15-8-1-4-12(10-15)5-3-9-23-17(25)14-7-2-6-13(11-14)16(22)24/h1-2,4,6-8,10-11H,9H2,(H2,22,24)(H,23,25). The Bertz CT molecular complexity index is 864. The van der Waals surface area contributed by atoms with E-state index in [1.807, 2.05) is 0 Å². The highest BCUT2D eigenvalue weighted by atomic mass is 19.4. The second kappa shape index (κ2) is 7.53. The smallest absolute Gasteiger partial charge is 0.366 e. The summed E-state index contributed by atoms with van der Waals surface area (Å²) in [6, 6.07) is 10.4. The molecule has 2 aromatic carbocycles. The third-order valence-corrected chi connectivity index (χ3v) is 3.17. The molecular weight excluding hydrogens is 333 g/mol. The molecule has 0 bridgehead atoms. The molecule has 0 radical (unpaired) electrons. The van der Waals surface area contributed by atoms with Gasteiger partial charge >= 0.3 is 6.18 Å². The summed E-state index contributed by atoms with van der Waals surface area (Å²) in [6.07, 6.45) is -4.43. The fourth-order valence-corrected chi connectivity index (χ4v) is 1.96. The Labute approximate surface area is 141 Å². The number of hydrogen-bond donors (Lipinski definition) is 2. The highest BCUT2D eigenvalue weighted by Gasteiger charge is 2.30. The average Bonchev–Trinajstić information content (AvgIpc) is 2.58. The predicted octanol–water partition coefficient (Wildman–Crippen LogP) is 2.59. The lowest BCUT2D eigenvalue weighted by Gasteiger charge is -2.05. The van der Waals surface area contributed by atoms with Crippen LogP contribution < -0.4 is 11.1 Å². The van der Waals surface area contributed by atoms with E-state index in [9.17, 15) is 22.8 Å². The number of nitrogens with two attached hydrogens (primary N) is 1. The van der Waals surface area contributed by atoms with Gasteiger partial charge in [-0.05, 0) is 36.4 Å². The zero-order valence-electron chi connectivity index (χ0n) is 12.9. The van der Waals surface area contributed by atoms with E-state index in [0.717, 1.165) is 12.1 Å². The van der Waals surface area contributed by atoms with Crippen molar-refractivity contribution in [2.75, 3.05) is 6.54 Å². The molecule has 0 aliphatic rings. The van der Waals surface area contributed by atoms with Crippen LogP contribution in [0.15, 0.2) is 48.5 Å². The number of carbonyl (C=O) groups excluding carboxylic acids is 2. The van der Waals surface area contributed by atoms with Crippen LogP contribution in [0, 0.1) is 11.8 Å². The van der Waals surface area contributed by atoms with Crippen molar-refractivity contribution in [2.24, 2.45) is 5.73 Å². The van der Waals surface area contributed by atoms with Crippen molar-refractivity contribution in [2.45, 2.75) is 6.18 Å². The van der Waals surface area contributed by atoms with Gasteiger partial charge in [-0.1, -0.05) is 24.0 Å². The van der Waals surface area contributed by atoms with Gasteiger partial charge in [-0.2, -0.15) is 13.2 Å². The van der Waals surface area contributed by atoms with Crippen molar-refractivity contribution in [3.63, 3.8) is 0 Å². The molecule has 2 aromatic rings. The first-order chi connectivity index (χ1) is 11.8. The number of nitrogens with one attached hydrogen (secondary N) is 1. The Balaban J connectivity index is 2.00. The maximum absolute atomic E-state index is 12.6. The molecule has 0 aliphatic heterocycles. The van der Waals surface area contributed by atoms with E-state index in [2.05, 4.69) is 17.2 Å². The lowest BCUT2D eigenvalue weighted by molar-refractivity contribution is -0.137. The Morgan fingerprint density at radius 1 is 1.04 bits per heavy atom. The first-order valence-electron chi connectivity index (χ1n) is 7.11. The number of rotatable bonds is 3. The summed E-state index contributed by atoms with van der Waals surface area (Å²) in [7, 11) is 0. The number of carbonyl (C=O) groups is 2. The van der Waals surface area contributed by atoms with Crippen LogP contribution in [0.25, 0.3) is 0 Å². The largest absolute Gasteiger partial charge is 0.416 e. The molecule has 0 heterocycles. The molecule has 128 valence electrons. The Morgan fingerprint density at radius 3 is 2.40 bits per heavy atom. The van der Waals surface area contributed by atoms with E-state index in [4.69, 9.17) is 5.73 Å². The Morgan fingerprint density at radius 2 is 1.72 bits per heavy atom. The molecule has 0 spiro atoms. The van der Waals surface area contributed by atoms with Gasteiger partial charge in [-0.15, -0.1) is 0 Å². The molecule has 2 amide bonds. The van der Waals surface area contributed by atoms with Crippen LogP contribution >= 0.6 is 0 Å². The quantitative estimate of drug-likeness (QED) is 0.839. The number of alkyl halides is 3. The molecule has 0 fully saturated rings. The van der Waals surface area contributed by atoms with Crippen LogP contribution in [0.1, 0.15) is 31.8 Å². The van der Waals surface area contributed by atoms with E-state index in [1.165, 1.54) is 36.4 Å². The van der Waals surface area contributed by atoms with Gasteiger partial charge in [0.05, 0.1) is 12.1 Å². The summed E-state index contributed by atoms with van der Waals surface area (Å²) in [4.78, 5) is 23.0. The van der Waals surface area contributed by atoms with Gasteiger partial charge in [-0.25, -0.2) is 0 Å². The van der Waals surface area contributed by atoms with E-state index < -0.39 is 23.6 Å². The molecule has 0 aliphatic carbocycles. The number of hydrogen-bond acceptors (Lipinski definition) is 2. The molecule has 2 rings (SSSR count). The van der Waals surface area contributed by atoms with Crippen molar-refractivity contribution in [3.05, 3.63) is 70.8 Å². The molecule has 4 nitrogen and oxygen atoms in total. The van der Waals surface area contributed by atoms with E-state index in [1.54, 1.807) is 0 Å². The van der Waals surface area contributed by atoms with Crippen LogP contribution in [-0.4, -0.2) is 18.4 Å². The minimum atomic E-state index is -4.43. The summed E-state index contributed by atoms with van der Waals surface area (Å²) in [5.74, 6) is 4.01. The predicted molar refractivity (Wildman–Crippen MR) is 85.6 cm³/mol. The van der Waals surface area contributed by atoms with Crippen LogP contribution in [0.5, 0.6) is 0 Å². The number of amides is 2. The molecule has 0 saturated heterocycles. The zero-order chi connectivity index (χ0) is 18.4. The van der Waals surface area contributed by atoms with Crippen LogP contribution in [0.3, 0.4) is 0 Å². The molecule has 3 N–H and O–H groups in total. The molecule has 0 atom stereocenters. The van der Waals surface area contributed by atoms with Crippen LogP contribution in [0.2, 0.25) is 0 Å². The topological polar surface area (TPSA) is 72.2 Å². The first-order valence-corrected chi connectivity index (χ1v) is 7.11. The Hall–Kier alpha value is -3.27. The maximum atomic E-state index is 12.6. The third-order valence-electron chi connectivity index (χ3n) is 3.17. The summed E-state index contributed by atoms with van der Waals surface area (Å²) in [6.45, 7) is -0.0596. The minimum Gasteiger partial charge on any atom is -0.366 e. The fraction of sp³-hybridized carbons (Fsp3) is 0.111. The van der Waals surface area contributed by atoms with Crippen LogP contribution in [-0.2, 0) is 6.18 Å². The summed E-state index contributed by atoms with van der Waals surface area (Å²) in [5.41, 5.74) is 4.98. The van der Waals surface area contributed by atoms with E-state index in [-0.39, 0.29) is 23.2 Å². The number of benzene rings is 2. The van der Waals surface area contributed by atoms with Crippen LogP contribution in [0.4, 0.5) is 13.2 Å². The van der Waals surface area contributed by atoms with Gasteiger partial charge in [-0.3, -0.25) is 9.59 Å². The molecule has 7 heteroatoms. The summed E-state index contributed by atoms with van der Waals surface area (Å²) in [5, 5.41) is 2.49. The zero-order valence-corrected chi connectivity index (χ0v) is 12.9. The van der Waals surface area contributed by atoms with E-state index >= 15 is 0 Å². The van der Waals surface area contributed by atoms with Crippen molar-refractivity contribution < 1.29 is 22.8 Å². The van der Waals surface area contributed by atoms with Crippen molar-refractivity contribution in [1.82, 2.24) is 5.32 Å². The molecule has 25 heavy (non-hydrogen) atoms. The summed E-state index contributed by atoms with van der Waals surface area (Å²) < 4.78 is 37.8. The molecular formula is C18H13F3N2O2. The van der Waals surface area contributed by atoms with Gasteiger partial charge in [0.2, 0.25) is 5.91 Å². The van der Waals surface area contributed by atoms with Gasteiger partial charge in [0, 0.05) is 16.7 Å². The Kier molecular flexibility index (Phi) is 5.45. The number of primary amides is 1. The van der Waals surface area contributed by atoms with E-state index in [0.29, 0.717) is 0 Å². The van der Waals surface area contributed by atoms with Crippen molar-refractivity contribution >= 4 is 11.8 Å². The molecule has 0 saturated carbocycles. The lowest BCUT2D eigenvalue weighted by Crippen LogP contribution is -2.24. The van der Waals surface area contributed by atoms with Gasteiger partial charge in [0.1, 0.15) is 0 Å². The molecule has 0 unspecified atom stereocenters. The highest BCUT2D eigenvalue weighted by molar-refractivity contribution is 5.99.